The van der Waals surface area contributed by atoms with Crippen molar-refractivity contribution in [3.05, 3.63) is 83.2 Å². The highest BCUT2D eigenvalue weighted by molar-refractivity contribution is 5.78. The molecule has 0 bridgehead atoms. The van der Waals surface area contributed by atoms with Crippen LogP contribution in [0.5, 0.6) is 5.75 Å². The number of hydrogen-bond donors (Lipinski definition) is 1. The minimum atomic E-state index is -0.499. The zero-order valence-corrected chi connectivity index (χ0v) is 15.6. The number of nitrogens with zero attached hydrogens (tertiary/aromatic N) is 2. The van der Waals surface area contributed by atoms with Crippen LogP contribution in [0, 0.1) is 19.7 Å². The molecule has 0 fully saturated rings. The number of carbonyl (C=O) groups excluding carboxylic acids is 1. The minimum Gasteiger partial charge on any atom is -0.484 e. The lowest BCUT2D eigenvalue weighted by Gasteiger charge is -2.19. The van der Waals surface area contributed by atoms with Crippen LogP contribution >= 0.6 is 0 Å². The van der Waals surface area contributed by atoms with E-state index in [0.717, 1.165) is 16.7 Å². The summed E-state index contributed by atoms with van der Waals surface area (Å²) in [6, 6.07) is 11.3. The Hall–Kier alpha value is -3.15. The molecule has 0 radical (unpaired) electrons. The summed E-state index contributed by atoms with van der Waals surface area (Å²) >= 11 is 0. The molecule has 1 atom stereocenters. The summed E-state index contributed by atoms with van der Waals surface area (Å²) in [5.41, 5.74) is 2.85. The van der Waals surface area contributed by atoms with Gasteiger partial charge >= 0.3 is 0 Å². The van der Waals surface area contributed by atoms with Crippen molar-refractivity contribution in [2.45, 2.75) is 19.9 Å². The lowest BCUT2D eigenvalue weighted by Crippen LogP contribution is -2.34. The van der Waals surface area contributed by atoms with Gasteiger partial charge in [-0.05, 0) is 43.2 Å². The Bertz CT molecular complexity index is 935. The van der Waals surface area contributed by atoms with Gasteiger partial charge in [0.05, 0.1) is 0 Å². The van der Waals surface area contributed by atoms with Gasteiger partial charge in [0.25, 0.3) is 5.91 Å². The molecule has 1 heterocycles. The zero-order valence-electron chi connectivity index (χ0n) is 15.6. The predicted octanol–water partition coefficient (Wildman–Crippen LogP) is 3.46. The van der Waals surface area contributed by atoms with Crippen LogP contribution in [-0.4, -0.2) is 22.1 Å². The van der Waals surface area contributed by atoms with Gasteiger partial charge in [-0.2, -0.15) is 0 Å². The van der Waals surface area contributed by atoms with E-state index in [1.807, 2.05) is 43.7 Å². The van der Waals surface area contributed by atoms with Crippen molar-refractivity contribution in [2.24, 2.45) is 7.05 Å². The molecular formula is C21H22FN3O2. The number of aryl methyl sites for hydroxylation is 3. The van der Waals surface area contributed by atoms with Gasteiger partial charge in [-0.3, -0.25) is 4.79 Å². The van der Waals surface area contributed by atoms with E-state index in [0.29, 0.717) is 11.6 Å². The molecule has 3 aromatic rings. The third-order valence-electron chi connectivity index (χ3n) is 4.31. The number of hydrogen-bond acceptors (Lipinski definition) is 3. The summed E-state index contributed by atoms with van der Waals surface area (Å²) in [5, 5.41) is 2.93. The Morgan fingerprint density at radius 3 is 2.59 bits per heavy atom. The maximum atomic E-state index is 13.3. The van der Waals surface area contributed by atoms with Gasteiger partial charge in [-0.25, -0.2) is 9.37 Å². The van der Waals surface area contributed by atoms with Gasteiger partial charge in [-0.15, -0.1) is 0 Å². The minimum absolute atomic E-state index is 0.119. The summed E-state index contributed by atoms with van der Waals surface area (Å²) in [6.07, 6.45) is 3.45. The van der Waals surface area contributed by atoms with E-state index in [9.17, 15) is 9.18 Å². The van der Waals surface area contributed by atoms with Gasteiger partial charge in [-0.1, -0.05) is 29.8 Å². The van der Waals surface area contributed by atoms with Crippen LogP contribution in [0.15, 0.2) is 54.9 Å². The topological polar surface area (TPSA) is 56.1 Å². The molecule has 1 aromatic heterocycles. The van der Waals surface area contributed by atoms with Crippen molar-refractivity contribution in [2.75, 3.05) is 6.61 Å². The molecule has 3 rings (SSSR count). The fraction of sp³-hybridized carbons (Fsp3) is 0.238. The van der Waals surface area contributed by atoms with Crippen molar-refractivity contribution in [1.29, 1.82) is 0 Å². The Morgan fingerprint density at radius 2 is 1.96 bits per heavy atom. The van der Waals surface area contributed by atoms with Crippen molar-refractivity contribution in [3.63, 3.8) is 0 Å². The molecule has 0 spiro atoms. The van der Waals surface area contributed by atoms with Crippen molar-refractivity contribution < 1.29 is 13.9 Å². The van der Waals surface area contributed by atoms with Crippen LogP contribution in [0.1, 0.15) is 28.6 Å². The van der Waals surface area contributed by atoms with Crippen molar-refractivity contribution >= 4 is 5.91 Å². The van der Waals surface area contributed by atoms with Crippen LogP contribution in [0.25, 0.3) is 0 Å². The molecule has 2 aromatic carbocycles. The molecule has 6 heteroatoms. The highest BCUT2D eigenvalue weighted by atomic mass is 19.1. The number of carbonyl (C=O) groups is 1. The number of benzene rings is 2. The fourth-order valence-electron chi connectivity index (χ4n) is 2.91. The molecule has 0 saturated carbocycles. The largest absolute Gasteiger partial charge is 0.484 e. The molecule has 0 saturated heterocycles. The zero-order chi connectivity index (χ0) is 19.4. The first kappa shape index (κ1) is 18.6. The third kappa shape index (κ3) is 4.53. The van der Waals surface area contributed by atoms with Crippen LogP contribution in [0.3, 0.4) is 0 Å². The molecule has 140 valence electrons. The lowest BCUT2D eigenvalue weighted by molar-refractivity contribution is -0.123. The molecule has 0 aliphatic carbocycles. The van der Waals surface area contributed by atoms with E-state index >= 15 is 0 Å². The maximum Gasteiger partial charge on any atom is 0.258 e. The normalized spacial score (nSPS) is 11.9. The van der Waals surface area contributed by atoms with Crippen LogP contribution in [-0.2, 0) is 11.8 Å². The Balaban J connectivity index is 1.74. The molecule has 5 nitrogen and oxygen atoms in total. The van der Waals surface area contributed by atoms with E-state index in [1.54, 1.807) is 24.5 Å². The maximum absolute atomic E-state index is 13.3. The van der Waals surface area contributed by atoms with Crippen LogP contribution < -0.4 is 10.1 Å². The molecule has 1 amide bonds. The van der Waals surface area contributed by atoms with Crippen molar-refractivity contribution in [3.8, 4) is 5.75 Å². The lowest BCUT2D eigenvalue weighted by atomic mass is 10.1. The van der Waals surface area contributed by atoms with E-state index < -0.39 is 6.04 Å². The van der Waals surface area contributed by atoms with Gasteiger partial charge in [0.1, 0.15) is 23.4 Å². The molecule has 27 heavy (non-hydrogen) atoms. The molecule has 0 aliphatic heterocycles. The number of ether oxygens (including phenoxy) is 1. The molecule has 1 N–H and O–H groups in total. The first-order chi connectivity index (χ1) is 12.9. The third-order valence-corrected chi connectivity index (χ3v) is 4.31. The summed E-state index contributed by atoms with van der Waals surface area (Å²) in [7, 11) is 1.84. The van der Waals surface area contributed by atoms with E-state index in [-0.39, 0.29) is 18.3 Å². The Labute approximate surface area is 157 Å². The van der Waals surface area contributed by atoms with Crippen molar-refractivity contribution in [1.82, 2.24) is 14.9 Å². The average molecular weight is 367 g/mol. The number of nitrogens with one attached hydrogen (secondary N) is 1. The summed E-state index contributed by atoms with van der Waals surface area (Å²) in [5.74, 6) is 0.710. The quantitative estimate of drug-likeness (QED) is 0.726. The second-order valence-electron chi connectivity index (χ2n) is 6.51. The standard InChI is InChI=1S/C21H22FN3O2/c1-14-4-9-18(15(2)12-14)27-13-19(26)24-20(21-23-10-11-25(21)3)16-5-7-17(22)8-6-16/h4-12,20H,13H2,1-3H3,(H,24,26). The summed E-state index contributed by atoms with van der Waals surface area (Å²) in [4.78, 5) is 16.8. The van der Waals surface area contributed by atoms with E-state index in [2.05, 4.69) is 10.3 Å². The summed E-state index contributed by atoms with van der Waals surface area (Å²) < 4.78 is 20.8. The molecular weight excluding hydrogens is 345 g/mol. The smallest absolute Gasteiger partial charge is 0.258 e. The highest BCUT2D eigenvalue weighted by Gasteiger charge is 2.21. The second-order valence-corrected chi connectivity index (χ2v) is 6.51. The van der Waals surface area contributed by atoms with E-state index in [1.165, 1.54) is 12.1 Å². The Morgan fingerprint density at radius 1 is 1.22 bits per heavy atom. The summed E-state index contributed by atoms with van der Waals surface area (Å²) in [6.45, 7) is 3.82. The van der Waals surface area contributed by atoms with Gasteiger partial charge in [0, 0.05) is 19.4 Å². The number of aromatic nitrogens is 2. The van der Waals surface area contributed by atoms with Gasteiger partial charge in [0.2, 0.25) is 0 Å². The predicted molar refractivity (Wildman–Crippen MR) is 101 cm³/mol. The van der Waals surface area contributed by atoms with E-state index in [4.69, 9.17) is 4.74 Å². The number of halogens is 1. The Kier molecular flexibility index (Phi) is 5.54. The highest BCUT2D eigenvalue weighted by Crippen LogP contribution is 2.21. The SMILES string of the molecule is Cc1ccc(OCC(=O)NC(c2ccc(F)cc2)c2nccn2C)c(C)c1. The average Bonchev–Trinajstić information content (AvgIpc) is 3.05. The monoisotopic (exact) mass is 367 g/mol. The molecule has 1 unspecified atom stereocenters. The number of rotatable bonds is 6. The van der Waals surface area contributed by atoms with Gasteiger partial charge < -0.3 is 14.6 Å². The molecule has 0 aliphatic rings. The number of imidazole rings is 1. The van der Waals surface area contributed by atoms with Crippen LogP contribution in [0.4, 0.5) is 4.39 Å². The number of amides is 1. The second kappa shape index (κ2) is 8.03. The first-order valence-corrected chi connectivity index (χ1v) is 8.66. The van der Waals surface area contributed by atoms with Gasteiger partial charge in [0.15, 0.2) is 6.61 Å². The fourth-order valence-corrected chi connectivity index (χ4v) is 2.91. The van der Waals surface area contributed by atoms with Crippen LogP contribution in [0.2, 0.25) is 0 Å². The first-order valence-electron chi connectivity index (χ1n) is 8.66.